The Kier molecular flexibility index (Phi) is 6.92. The van der Waals surface area contributed by atoms with Gasteiger partial charge in [0, 0.05) is 12.0 Å². The number of hydrogen-bond acceptors (Lipinski definition) is 3. The van der Waals surface area contributed by atoms with Crippen molar-refractivity contribution in [2.75, 3.05) is 0 Å². The van der Waals surface area contributed by atoms with E-state index in [0.717, 1.165) is 6.42 Å². The van der Waals surface area contributed by atoms with Crippen LogP contribution in [0.4, 0.5) is 22.0 Å². The summed E-state index contributed by atoms with van der Waals surface area (Å²) in [7, 11) is 0. The molecule has 0 amide bonds. The van der Waals surface area contributed by atoms with E-state index in [-0.39, 0.29) is 25.0 Å². The Hall–Kier alpha value is -2.97. The van der Waals surface area contributed by atoms with Gasteiger partial charge in [-0.25, -0.2) is 31.9 Å². The number of carbonyl (C=O) groups is 2. The summed E-state index contributed by atoms with van der Waals surface area (Å²) in [4.78, 5) is 23.3. The summed E-state index contributed by atoms with van der Waals surface area (Å²) in [6.45, 7) is 0. The molecular formula is C22H17F5O4. The Morgan fingerprint density at radius 1 is 0.935 bits per heavy atom. The van der Waals surface area contributed by atoms with E-state index >= 15 is 0 Å². The minimum absolute atomic E-state index is 0.0866. The topological polar surface area (TPSA) is 63.3 Å². The van der Waals surface area contributed by atoms with Gasteiger partial charge in [0.15, 0.2) is 23.3 Å². The van der Waals surface area contributed by atoms with Crippen LogP contribution in [0.1, 0.15) is 37.2 Å². The Morgan fingerprint density at radius 2 is 1.52 bits per heavy atom. The maximum absolute atomic E-state index is 14.4. The first-order valence-electron chi connectivity index (χ1n) is 9.52. The van der Waals surface area contributed by atoms with E-state index in [9.17, 15) is 36.6 Å². The highest BCUT2D eigenvalue weighted by Crippen LogP contribution is 2.45. The van der Waals surface area contributed by atoms with Crippen LogP contribution < -0.4 is 4.74 Å². The van der Waals surface area contributed by atoms with Crippen LogP contribution in [0.5, 0.6) is 5.75 Å². The smallest absolute Gasteiger partial charge is 0.358 e. The predicted molar refractivity (Wildman–Crippen MR) is 96.5 cm³/mol. The van der Waals surface area contributed by atoms with E-state index in [4.69, 9.17) is 4.74 Å². The highest BCUT2D eigenvalue weighted by molar-refractivity contribution is 5.73. The van der Waals surface area contributed by atoms with Gasteiger partial charge < -0.3 is 4.74 Å². The highest BCUT2D eigenvalue weighted by atomic mass is 19.2. The first-order chi connectivity index (χ1) is 14.7. The van der Waals surface area contributed by atoms with E-state index in [1.165, 1.54) is 12.1 Å². The molecule has 3 unspecified atom stereocenters. The summed E-state index contributed by atoms with van der Waals surface area (Å²) >= 11 is 0. The Labute approximate surface area is 174 Å². The normalized spacial score (nSPS) is 19.3. The van der Waals surface area contributed by atoms with Crippen LogP contribution in [0.25, 0.3) is 0 Å². The number of rotatable bonds is 7. The standard InChI is InChI=1S/C22H17F5O4/c23-17-16(18(24)20(26)21(27)19(17)25)14(11-6-7-12(10-11)22(29)30)8-9-15(28)31-13-4-2-1-3-5-13/h1-5,8,11-12,14H,6-7,9-10H2. The van der Waals surface area contributed by atoms with Crippen LogP contribution >= 0.6 is 0 Å². The van der Waals surface area contributed by atoms with Gasteiger partial charge in [-0.05, 0) is 49.7 Å². The third kappa shape index (κ3) is 4.86. The van der Waals surface area contributed by atoms with Gasteiger partial charge in [-0.2, -0.15) is 0 Å². The first-order valence-corrected chi connectivity index (χ1v) is 9.52. The largest absolute Gasteiger partial charge is 0.427 e. The molecule has 2 aromatic rings. The summed E-state index contributed by atoms with van der Waals surface area (Å²) in [5.74, 6) is -15.5. The fourth-order valence-corrected chi connectivity index (χ4v) is 3.90. The minimum Gasteiger partial charge on any atom is -0.427 e. The summed E-state index contributed by atoms with van der Waals surface area (Å²) < 4.78 is 75.0. The van der Waals surface area contributed by atoms with Crippen LogP contribution in [0.15, 0.2) is 30.3 Å². The average Bonchev–Trinajstić information content (AvgIpc) is 3.24. The average molecular weight is 440 g/mol. The van der Waals surface area contributed by atoms with E-state index < -0.39 is 70.8 Å². The van der Waals surface area contributed by atoms with Crippen molar-refractivity contribution in [1.29, 1.82) is 0 Å². The second kappa shape index (κ2) is 9.45. The van der Waals surface area contributed by atoms with Crippen molar-refractivity contribution in [2.45, 2.75) is 31.6 Å². The molecule has 3 rings (SSSR count). The number of ether oxygens (including phenoxy) is 1. The molecule has 1 saturated carbocycles. The van der Waals surface area contributed by atoms with E-state index in [2.05, 4.69) is 0 Å². The number of halogens is 5. The van der Waals surface area contributed by atoms with Crippen molar-refractivity contribution >= 4 is 11.9 Å². The van der Waals surface area contributed by atoms with E-state index in [1.54, 1.807) is 18.2 Å². The molecular weight excluding hydrogens is 423 g/mol. The molecule has 2 aromatic carbocycles. The number of esters is 1. The second-order valence-electron chi connectivity index (χ2n) is 7.33. The molecule has 2 radical (unpaired) electrons. The summed E-state index contributed by atoms with van der Waals surface area (Å²) in [5.41, 5.74) is -1.09. The fraction of sp³-hybridized carbons (Fsp3) is 0.318. The van der Waals surface area contributed by atoms with Gasteiger partial charge in [-0.1, -0.05) is 18.2 Å². The summed E-state index contributed by atoms with van der Waals surface area (Å²) in [6.07, 6.45) is 0.794. The van der Waals surface area contributed by atoms with Crippen LogP contribution in [0.2, 0.25) is 0 Å². The number of hydrogen-bond donors (Lipinski definition) is 0. The predicted octanol–water partition coefficient (Wildman–Crippen LogP) is 5.04. The zero-order chi connectivity index (χ0) is 22.7. The molecule has 0 spiro atoms. The quantitative estimate of drug-likeness (QED) is 0.199. The Morgan fingerprint density at radius 3 is 2.06 bits per heavy atom. The second-order valence-corrected chi connectivity index (χ2v) is 7.33. The summed E-state index contributed by atoms with van der Waals surface area (Å²) in [5, 5.41) is 11.1. The van der Waals surface area contributed by atoms with Gasteiger partial charge in [0.25, 0.3) is 0 Å². The van der Waals surface area contributed by atoms with Crippen LogP contribution in [-0.2, 0) is 14.7 Å². The van der Waals surface area contributed by atoms with Crippen molar-refractivity contribution in [3.8, 4) is 5.75 Å². The Balaban J connectivity index is 1.88. The molecule has 1 aliphatic carbocycles. The minimum atomic E-state index is -2.29. The molecule has 1 aliphatic rings. The molecule has 4 nitrogen and oxygen atoms in total. The lowest BCUT2D eigenvalue weighted by Gasteiger charge is -2.25. The lowest BCUT2D eigenvalue weighted by Crippen LogP contribution is -2.21. The third-order valence-corrected chi connectivity index (χ3v) is 5.40. The molecule has 164 valence electrons. The number of para-hydroxylation sites is 1. The number of carbonyl (C=O) groups excluding carboxylic acids is 2. The molecule has 0 N–H and O–H groups in total. The molecule has 3 atom stereocenters. The molecule has 31 heavy (non-hydrogen) atoms. The zero-order valence-corrected chi connectivity index (χ0v) is 16.0. The van der Waals surface area contributed by atoms with Crippen molar-refractivity contribution < 1.29 is 41.4 Å². The van der Waals surface area contributed by atoms with E-state index in [0.29, 0.717) is 0 Å². The van der Waals surface area contributed by atoms with Crippen molar-refractivity contribution in [1.82, 2.24) is 0 Å². The van der Waals surface area contributed by atoms with Gasteiger partial charge in [-0.15, -0.1) is 0 Å². The number of benzene rings is 2. The lowest BCUT2D eigenvalue weighted by molar-refractivity contribution is -0.148. The SMILES string of the molecule is [O]C(=O)C1CCC(C([CH]CC(=O)Oc2ccccc2)c2c(F)c(F)c(F)c(F)c2F)C1. The molecule has 0 bridgehead atoms. The molecule has 0 aromatic heterocycles. The monoisotopic (exact) mass is 440 g/mol. The maximum Gasteiger partial charge on any atom is 0.358 e. The maximum atomic E-state index is 14.4. The van der Waals surface area contributed by atoms with Crippen LogP contribution in [0, 0.1) is 47.3 Å². The Bertz CT molecular complexity index is 951. The third-order valence-electron chi connectivity index (χ3n) is 5.40. The molecule has 0 aliphatic heterocycles. The molecule has 0 saturated heterocycles. The molecule has 0 heterocycles. The van der Waals surface area contributed by atoms with Crippen LogP contribution in [-0.4, -0.2) is 11.9 Å². The van der Waals surface area contributed by atoms with Gasteiger partial charge in [0.1, 0.15) is 5.75 Å². The van der Waals surface area contributed by atoms with E-state index in [1.807, 2.05) is 0 Å². The van der Waals surface area contributed by atoms with Crippen molar-refractivity contribution in [3.63, 3.8) is 0 Å². The molecule has 9 heteroatoms. The summed E-state index contributed by atoms with van der Waals surface area (Å²) in [6, 6.07) is 7.92. The van der Waals surface area contributed by atoms with Gasteiger partial charge in [-0.3, -0.25) is 4.79 Å². The van der Waals surface area contributed by atoms with Crippen molar-refractivity contribution in [2.24, 2.45) is 11.8 Å². The van der Waals surface area contributed by atoms with Gasteiger partial charge >= 0.3 is 11.9 Å². The fourth-order valence-electron chi connectivity index (χ4n) is 3.90. The van der Waals surface area contributed by atoms with Gasteiger partial charge in [0.2, 0.25) is 5.82 Å². The van der Waals surface area contributed by atoms with Crippen LogP contribution in [0.3, 0.4) is 0 Å². The van der Waals surface area contributed by atoms with Gasteiger partial charge in [0.05, 0.1) is 5.92 Å². The lowest BCUT2D eigenvalue weighted by atomic mass is 9.80. The van der Waals surface area contributed by atoms with Crippen molar-refractivity contribution in [3.05, 3.63) is 71.4 Å². The highest BCUT2D eigenvalue weighted by Gasteiger charge is 2.40. The zero-order valence-electron chi connectivity index (χ0n) is 16.0. The molecule has 1 fully saturated rings. The first kappa shape index (κ1) is 22.7.